The number of rotatable bonds is 8. The van der Waals surface area contributed by atoms with E-state index in [1.54, 1.807) is 78.7 Å². The largest absolute Gasteiger partial charge is 0.496 e. The topological polar surface area (TPSA) is 65.4 Å². The molecule has 0 unspecified atom stereocenters. The highest BCUT2D eigenvalue weighted by Gasteiger charge is 2.13. The van der Waals surface area contributed by atoms with Gasteiger partial charge in [-0.2, -0.15) is 5.10 Å². The fourth-order valence-corrected chi connectivity index (χ4v) is 3.37. The zero-order chi connectivity index (χ0) is 23.2. The molecule has 0 aliphatic rings. The molecule has 1 N–H and O–H groups in total. The predicted octanol–water partition coefficient (Wildman–Crippen LogP) is 5.56. The molecule has 0 radical (unpaired) electrons. The highest BCUT2D eigenvalue weighted by molar-refractivity contribution is 6.30. The van der Waals surface area contributed by atoms with Crippen molar-refractivity contribution in [2.24, 2.45) is 0 Å². The Morgan fingerprint density at radius 2 is 1.88 bits per heavy atom. The van der Waals surface area contributed by atoms with Gasteiger partial charge >= 0.3 is 0 Å². The second kappa shape index (κ2) is 10.2. The number of methoxy groups -OCH3 is 1. The normalized spacial score (nSPS) is 10.6. The van der Waals surface area contributed by atoms with E-state index in [0.717, 1.165) is 5.56 Å². The maximum absolute atomic E-state index is 13.9. The first kappa shape index (κ1) is 22.4. The van der Waals surface area contributed by atoms with E-state index in [9.17, 15) is 9.18 Å². The first-order chi connectivity index (χ1) is 16.0. The summed E-state index contributed by atoms with van der Waals surface area (Å²) in [7, 11) is 1.56. The number of ether oxygens (including phenoxy) is 2. The lowest BCUT2D eigenvalue weighted by molar-refractivity contribution is 0.102. The highest BCUT2D eigenvalue weighted by atomic mass is 35.5. The summed E-state index contributed by atoms with van der Waals surface area (Å²) in [6, 6.07) is 18.6. The smallest absolute Gasteiger partial charge is 0.255 e. The van der Waals surface area contributed by atoms with Crippen molar-refractivity contribution < 1.29 is 18.7 Å². The number of aromatic nitrogens is 2. The molecule has 0 aliphatic heterocycles. The van der Waals surface area contributed by atoms with Crippen LogP contribution in [0.4, 0.5) is 10.1 Å². The molecule has 6 nitrogen and oxygen atoms in total. The molecule has 168 valence electrons. The molecule has 4 aromatic rings. The molecular formula is C25H21ClFN3O3. The van der Waals surface area contributed by atoms with E-state index < -0.39 is 0 Å². The van der Waals surface area contributed by atoms with Gasteiger partial charge in [0.05, 0.1) is 25.5 Å². The fourth-order valence-electron chi connectivity index (χ4n) is 3.24. The monoisotopic (exact) mass is 465 g/mol. The number of hydrogen-bond donors (Lipinski definition) is 1. The maximum atomic E-state index is 13.9. The third-order valence-electron chi connectivity index (χ3n) is 4.93. The molecule has 1 heterocycles. The van der Waals surface area contributed by atoms with E-state index in [2.05, 4.69) is 10.4 Å². The van der Waals surface area contributed by atoms with Crippen molar-refractivity contribution in [2.75, 3.05) is 12.4 Å². The summed E-state index contributed by atoms with van der Waals surface area (Å²) in [6.45, 7) is 0.476. The van der Waals surface area contributed by atoms with Gasteiger partial charge in [0.2, 0.25) is 0 Å². The van der Waals surface area contributed by atoms with E-state index in [1.807, 2.05) is 0 Å². The molecule has 0 aliphatic carbocycles. The average molecular weight is 466 g/mol. The van der Waals surface area contributed by atoms with Crippen molar-refractivity contribution in [3.63, 3.8) is 0 Å². The summed E-state index contributed by atoms with van der Waals surface area (Å²) in [5.74, 6) is 0.651. The second-order valence-electron chi connectivity index (χ2n) is 7.24. The summed E-state index contributed by atoms with van der Waals surface area (Å²) in [4.78, 5) is 12.8. The van der Waals surface area contributed by atoms with Crippen LogP contribution in [0.3, 0.4) is 0 Å². The standard InChI is InChI=1S/C25H21ClFN3O3/c1-32-24-11-6-17(12-19(24)16-33-22-9-7-20(26)8-10-22)25(31)29-21-13-28-30(15-21)14-18-4-2-3-5-23(18)27/h2-13,15H,14,16H2,1H3,(H,29,31). The van der Waals surface area contributed by atoms with Crippen LogP contribution in [-0.2, 0) is 13.2 Å². The van der Waals surface area contributed by atoms with Crippen molar-refractivity contribution in [1.82, 2.24) is 9.78 Å². The van der Waals surface area contributed by atoms with Crippen LogP contribution in [0.2, 0.25) is 5.02 Å². The lowest BCUT2D eigenvalue weighted by Crippen LogP contribution is -2.12. The number of amides is 1. The zero-order valence-electron chi connectivity index (χ0n) is 17.8. The van der Waals surface area contributed by atoms with Crippen LogP contribution in [0.15, 0.2) is 79.1 Å². The predicted molar refractivity (Wildman–Crippen MR) is 124 cm³/mol. The molecule has 0 fully saturated rings. The summed E-state index contributed by atoms with van der Waals surface area (Å²) in [5.41, 5.74) is 2.17. The van der Waals surface area contributed by atoms with Gasteiger partial charge in [0.25, 0.3) is 5.91 Å². The van der Waals surface area contributed by atoms with Gasteiger partial charge in [-0.15, -0.1) is 0 Å². The number of halogens is 2. The van der Waals surface area contributed by atoms with Gasteiger partial charge in [0.1, 0.15) is 23.9 Å². The Morgan fingerprint density at radius 1 is 1.09 bits per heavy atom. The van der Waals surface area contributed by atoms with Crippen molar-refractivity contribution in [3.05, 3.63) is 107 Å². The number of anilines is 1. The van der Waals surface area contributed by atoms with Gasteiger partial charge in [-0.05, 0) is 48.5 Å². The quantitative estimate of drug-likeness (QED) is 0.370. The van der Waals surface area contributed by atoms with Crippen LogP contribution in [0, 0.1) is 5.82 Å². The lowest BCUT2D eigenvalue weighted by Gasteiger charge is -2.12. The number of carbonyl (C=O) groups excluding carboxylic acids is 1. The molecule has 1 aromatic heterocycles. The Labute approximate surface area is 195 Å². The molecule has 0 atom stereocenters. The van der Waals surface area contributed by atoms with Crippen LogP contribution >= 0.6 is 11.6 Å². The van der Waals surface area contributed by atoms with Crippen LogP contribution < -0.4 is 14.8 Å². The van der Waals surface area contributed by atoms with Gasteiger partial charge in [-0.1, -0.05) is 29.8 Å². The van der Waals surface area contributed by atoms with Crippen molar-refractivity contribution in [1.29, 1.82) is 0 Å². The number of benzene rings is 3. The molecule has 3 aromatic carbocycles. The molecule has 4 rings (SSSR count). The van der Waals surface area contributed by atoms with Gasteiger partial charge < -0.3 is 14.8 Å². The number of carbonyl (C=O) groups is 1. The van der Waals surface area contributed by atoms with E-state index in [-0.39, 0.29) is 24.9 Å². The highest BCUT2D eigenvalue weighted by Crippen LogP contribution is 2.24. The Morgan fingerprint density at radius 3 is 2.64 bits per heavy atom. The SMILES string of the molecule is COc1ccc(C(=O)Nc2cnn(Cc3ccccc3F)c2)cc1COc1ccc(Cl)cc1. The van der Waals surface area contributed by atoms with E-state index >= 15 is 0 Å². The fraction of sp³-hybridized carbons (Fsp3) is 0.120. The van der Waals surface area contributed by atoms with Crippen molar-refractivity contribution in [3.8, 4) is 11.5 Å². The van der Waals surface area contributed by atoms with Gasteiger partial charge in [0.15, 0.2) is 0 Å². The lowest BCUT2D eigenvalue weighted by atomic mass is 10.1. The van der Waals surface area contributed by atoms with E-state index in [4.69, 9.17) is 21.1 Å². The third kappa shape index (κ3) is 5.70. The van der Waals surface area contributed by atoms with Crippen LogP contribution in [0.5, 0.6) is 11.5 Å². The van der Waals surface area contributed by atoms with Gasteiger partial charge in [-0.25, -0.2) is 4.39 Å². The minimum absolute atomic E-state index is 0.215. The summed E-state index contributed by atoms with van der Waals surface area (Å²) in [6.07, 6.45) is 3.17. The van der Waals surface area contributed by atoms with Crippen LogP contribution in [-0.4, -0.2) is 22.8 Å². The van der Waals surface area contributed by atoms with Gasteiger partial charge in [-0.3, -0.25) is 9.48 Å². The first-order valence-corrected chi connectivity index (χ1v) is 10.5. The first-order valence-electron chi connectivity index (χ1n) is 10.1. The number of hydrogen-bond acceptors (Lipinski definition) is 4. The van der Waals surface area contributed by atoms with Gasteiger partial charge in [0, 0.05) is 27.9 Å². The van der Waals surface area contributed by atoms with E-state index in [1.165, 1.54) is 12.3 Å². The molecule has 0 saturated heterocycles. The van der Waals surface area contributed by atoms with Crippen molar-refractivity contribution in [2.45, 2.75) is 13.2 Å². The summed E-state index contributed by atoms with van der Waals surface area (Å²) in [5, 5.41) is 7.63. The molecule has 0 bridgehead atoms. The Balaban J connectivity index is 1.43. The minimum Gasteiger partial charge on any atom is -0.496 e. The van der Waals surface area contributed by atoms with E-state index in [0.29, 0.717) is 33.3 Å². The Hall–Kier alpha value is -3.84. The summed E-state index contributed by atoms with van der Waals surface area (Å²) < 4.78 is 26.6. The Kier molecular flexibility index (Phi) is 6.90. The maximum Gasteiger partial charge on any atom is 0.255 e. The van der Waals surface area contributed by atoms with Crippen LogP contribution in [0.1, 0.15) is 21.5 Å². The minimum atomic E-state index is -0.309. The summed E-state index contributed by atoms with van der Waals surface area (Å²) >= 11 is 5.90. The molecule has 1 amide bonds. The Bertz CT molecular complexity index is 1260. The number of nitrogens with zero attached hydrogens (tertiary/aromatic N) is 2. The van der Waals surface area contributed by atoms with Crippen LogP contribution in [0.25, 0.3) is 0 Å². The number of nitrogens with one attached hydrogen (secondary N) is 1. The average Bonchev–Trinajstić information content (AvgIpc) is 3.26. The molecule has 0 saturated carbocycles. The van der Waals surface area contributed by atoms with Crippen molar-refractivity contribution >= 4 is 23.2 Å². The second-order valence-corrected chi connectivity index (χ2v) is 7.68. The molecule has 8 heteroatoms. The molecule has 0 spiro atoms. The molecular weight excluding hydrogens is 445 g/mol. The zero-order valence-corrected chi connectivity index (χ0v) is 18.6. The molecule has 33 heavy (non-hydrogen) atoms. The third-order valence-corrected chi connectivity index (χ3v) is 5.18.